The lowest BCUT2D eigenvalue weighted by molar-refractivity contribution is -0.133. The first-order chi connectivity index (χ1) is 10.1. The number of aromatic nitrogens is 2. The lowest BCUT2D eigenvalue weighted by Gasteiger charge is -2.31. The van der Waals surface area contributed by atoms with E-state index in [1.165, 1.54) is 4.68 Å². The molecule has 1 fully saturated rings. The average Bonchev–Trinajstić information content (AvgIpc) is 3.02. The molecule has 0 bridgehead atoms. The predicted octanol–water partition coefficient (Wildman–Crippen LogP) is 2.57. The Morgan fingerprint density at radius 1 is 1.38 bits per heavy atom. The Kier molecular flexibility index (Phi) is 3.95. The van der Waals surface area contributed by atoms with Crippen molar-refractivity contribution in [3.63, 3.8) is 0 Å². The number of amides is 1. The molecule has 116 valence electrons. The minimum atomic E-state index is -2.55. The van der Waals surface area contributed by atoms with Gasteiger partial charge in [-0.05, 0) is 38.0 Å². The minimum absolute atomic E-state index is 0.000402. The first kappa shape index (κ1) is 14.5. The molecule has 1 aromatic heterocycles. The van der Waals surface area contributed by atoms with Crippen molar-refractivity contribution in [2.45, 2.75) is 52.0 Å². The summed E-state index contributed by atoms with van der Waals surface area (Å²) >= 11 is 0. The van der Waals surface area contributed by atoms with Crippen LogP contribution in [0.3, 0.4) is 0 Å². The van der Waals surface area contributed by atoms with Gasteiger partial charge >= 0.3 is 0 Å². The van der Waals surface area contributed by atoms with E-state index in [2.05, 4.69) is 12.0 Å². The number of carbonyl (C=O) groups is 1. The van der Waals surface area contributed by atoms with Gasteiger partial charge in [0.1, 0.15) is 12.2 Å². The summed E-state index contributed by atoms with van der Waals surface area (Å²) in [5, 5.41) is 4.00. The van der Waals surface area contributed by atoms with Crippen molar-refractivity contribution >= 4 is 5.91 Å². The van der Waals surface area contributed by atoms with Crippen LogP contribution in [-0.4, -0.2) is 33.7 Å². The van der Waals surface area contributed by atoms with E-state index in [1.807, 2.05) is 4.90 Å². The monoisotopic (exact) mass is 297 g/mol. The van der Waals surface area contributed by atoms with E-state index in [9.17, 15) is 13.6 Å². The summed E-state index contributed by atoms with van der Waals surface area (Å²) in [6.45, 7) is 3.78. The summed E-state index contributed by atoms with van der Waals surface area (Å²) in [6, 6.07) is 0. The van der Waals surface area contributed by atoms with Crippen LogP contribution in [0.1, 0.15) is 49.6 Å². The molecule has 1 unspecified atom stereocenters. The molecule has 21 heavy (non-hydrogen) atoms. The van der Waals surface area contributed by atoms with Crippen LogP contribution in [0.25, 0.3) is 0 Å². The van der Waals surface area contributed by atoms with Gasteiger partial charge in [-0.2, -0.15) is 5.10 Å². The Morgan fingerprint density at radius 3 is 2.90 bits per heavy atom. The molecule has 0 saturated carbocycles. The second kappa shape index (κ2) is 5.73. The molecule has 2 heterocycles. The van der Waals surface area contributed by atoms with Crippen LogP contribution in [0.4, 0.5) is 8.78 Å². The molecule has 4 nitrogen and oxygen atoms in total. The van der Waals surface area contributed by atoms with Crippen molar-refractivity contribution in [2.24, 2.45) is 5.92 Å². The second-order valence-electron chi connectivity index (χ2n) is 6.21. The van der Waals surface area contributed by atoms with E-state index in [4.69, 9.17) is 0 Å². The van der Waals surface area contributed by atoms with Gasteiger partial charge in [0.25, 0.3) is 6.43 Å². The smallest absolute Gasteiger partial charge is 0.282 e. The Hall–Kier alpha value is -1.46. The molecule has 0 aromatic carbocycles. The standard InChI is InChI=1S/C15H21F2N3O/c1-10-4-3-7-19(8-10)13(21)9-20-12-6-2-5-11(12)14(18-20)15(16)17/h10,15H,2-9H2,1H3. The highest BCUT2D eigenvalue weighted by Gasteiger charge is 2.29. The topological polar surface area (TPSA) is 38.1 Å². The maximum atomic E-state index is 13.0. The van der Waals surface area contributed by atoms with Crippen molar-refractivity contribution in [1.29, 1.82) is 0 Å². The molecule has 6 heteroatoms. The fourth-order valence-corrected chi connectivity index (χ4v) is 3.49. The molecular weight excluding hydrogens is 276 g/mol. The third-order valence-electron chi connectivity index (χ3n) is 4.54. The molecule has 3 rings (SSSR count). The fourth-order valence-electron chi connectivity index (χ4n) is 3.49. The molecular formula is C15H21F2N3O. The van der Waals surface area contributed by atoms with Crippen LogP contribution in [0, 0.1) is 5.92 Å². The van der Waals surface area contributed by atoms with Gasteiger partial charge in [-0.25, -0.2) is 8.78 Å². The largest absolute Gasteiger partial charge is 0.341 e. The Balaban J connectivity index is 1.76. The summed E-state index contributed by atoms with van der Waals surface area (Å²) in [7, 11) is 0. The fraction of sp³-hybridized carbons (Fsp3) is 0.733. The van der Waals surface area contributed by atoms with Gasteiger partial charge in [0.05, 0.1) is 0 Å². The van der Waals surface area contributed by atoms with Crippen LogP contribution in [0.15, 0.2) is 0 Å². The SMILES string of the molecule is CC1CCCN(C(=O)Cn2nc(C(F)F)c3c2CCC3)C1. The maximum Gasteiger partial charge on any atom is 0.282 e. The summed E-state index contributed by atoms with van der Waals surface area (Å²) in [6.07, 6.45) is 1.90. The summed E-state index contributed by atoms with van der Waals surface area (Å²) < 4.78 is 27.5. The first-order valence-electron chi connectivity index (χ1n) is 7.70. The van der Waals surface area contributed by atoms with E-state index in [1.54, 1.807) is 0 Å². The van der Waals surface area contributed by atoms with Crippen molar-refractivity contribution in [2.75, 3.05) is 13.1 Å². The van der Waals surface area contributed by atoms with Crippen LogP contribution in [-0.2, 0) is 24.2 Å². The molecule has 1 aromatic rings. The average molecular weight is 297 g/mol. The van der Waals surface area contributed by atoms with Crippen molar-refractivity contribution < 1.29 is 13.6 Å². The molecule has 1 aliphatic heterocycles. The predicted molar refractivity (Wildman–Crippen MR) is 74.2 cm³/mol. The summed E-state index contributed by atoms with van der Waals surface area (Å²) in [4.78, 5) is 14.2. The highest BCUT2D eigenvalue weighted by molar-refractivity contribution is 5.76. The van der Waals surface area contributed by atoms with Gasteiger partial charge in [0, 0.05) is 24.3 Å². The third kappa shape index (κ3) is 2.80. The number of fused-ring (bicyclic) bond motifs is 1. The normalized spacial score (nSPS) is 21.9. The van der Waals surface area contributed by atoms with E-state index in [0.717, 1.165) is 44.5 Å². The first-order valence-corrected chi connectivity index (χ1v) is 7.70. The zero-order chi connectivity index (χ0) is 15.0. The van der Waals surface area contributed by atoms with Gasteiger partial charge in [-0.1, -0.05) is 6.92 Å². The molecule has 1 amide bonds. The zero-order valence-corrected chi connectivity index (χ0v) is 12.3. The van der Waals surface area contributed by atoms with Crippen molar-refractivity contribution in [3.8, 4) is 0 Å². The molecule has 2 aliphatic rings. The number of piperidine rings is 1. The van der Waals surface area contributed by atoms with Gasteiger partial charge in [-0.15, -0.1) is 0 Å². The van der Waals surface area contributed by atoms with Crippen LogP contribution < -0.4 is 0 Å². The van der Waals surface area contributed by atoms with Gasteiger partial charge < -0.3 is 4.90 Å². The maximum absolute atomic E-state index is 13.0. The van der Waals surface area contributed by atoms with E-state index in [0.29, 0.717) is 17.9 Å². The number of hydrogen-bond donors (Lipinski definition) is 0. The van der Waals surface area contributed by atoms with E-state index >= 15 is 0 Å². The minimum Gasteiger partial charge on any atom is -0.341 e. The number of alkyl halides is 2. The molecule has 0 N–H and O–H groups in total. The molecule has 1 aliphatic carbocycles. The number of rotatable bonds is 3. The van der Waals surface area contributed by atoms with Crippen LogP contribution in [0.2, 0.25) is 0 Å². The number of hydrogen-bond acceptors (Lipinski definition) is 2. The molecule has 0 radical (unpaired) electrons. The number of nitrogens with zero attached hydrogens (tertiary/aromatic N) is 3. The second-order valence-corrected chi connectivity index (χ2v) is 6.21. The van der Waals surface area contributed by atoms with Gasteiger partial charge in [0.15, 0.2) is 0 Å². The van der Waals surface area contributed by atoms with Crippen LogP contribution >= 0.6 is 0 Å². The lowest BCUT2D eigenvalue weighted by atomic mass is 10.0. The lowest BCUT2D eigenvalue weighted by Crippen LogP contribution is -2.41. The van der Waals surface area contributed by atoms with Crippen molar-refractivity contribution in [3.05, 3.63) is 17.0 Å². The number of halogens is 2. The summed E-state index contributed by atoms with van der Waals surface area (Å²) in [5.41, 5.74) is 1.39. The molecule has 1 atom stereocenters. The van der Waals surface area contributed by atoms with Crippen LogP contribution in [0.5, 0.6) is 0 Å². The Labute approximate surface area is 123 Å². The van der Waals surface area contributed by atoms with E-state index < -0.39 is 6.43 Å². The van der Waals surface area contributed by atoms with E-state index in [-0.39, 0.29) is 18.1 Å². The summed E-state index contributed by atoms with van der Waals surface area (Å²) in [5.74, 6) is 0.516. The number of likely N-dealkylation sites (tertiary alicyclic amines) is 1. The Bertz CT molecular complexity index is 541. The van der Waals surface area contributed by atoms with Gasteiger partial charge in [0.2, 0.25) is 5.91 Å². The zero-order valence-electron chi connectivity index (χ0n) is 12.3. The highest BCUT2D eigenvalue weighted by Crippen LogP contribution is 2.31. The molecule has 1 saturated heterocycles. The third-order valence-corrected chi connectivity index (χ3v) is 4.54. The highest BCUT2D eigenvalue weighted by atomic mass is 19.3. The quantitative estimate of drug-likeness (QED) is 0.860. The molecule has 0 spiro atoms. The number of carbonyl (C=O) groups excluding carboxylic acids is 1. The van der Waals surface area contributed by atoms with Crippen molar-refractivity contribution in [1.82, 2.24) is 14.7 Å². The Morgan fingerprint density at radius 2 is 2.19 bits per heavy atom. The van der Waals surface area contributed by atoms with Gasteiger partial charge in [-0.3, -0.25) is 9.48 Å².